The van der Waals surface area contributed by atoms with Crippen LogP contribution in [0, 0.1) is 5.92 Å². The van der Waals surface area contributed by atoms with Crippen molar-refractivity contribution in [1.82, 2.24) is 19.9 Å². The van der Waals surface area contributed by atoms with Crippen molar-refractivity contribution >= 4 is 17.3 Å². The zero-order chi connectivity index (χ0) is 24.8. The van der Waals surface area contributed by atoms with Gasteiger partial charge in [-0.2, -0.15) is 0 Å². The van der Waals surface area contributed by atoms with Gasteiger partial charge in [0.1, 0.15) is 0 Å². The van der Waals surface area contributed by atoms with E-state index in [0.717, 1.165) is 24.1 Å². The maximum absolute atomic E-state index is 13.0. The molecule has 1 fully saturated rings. The Bertz CT molecular complexity index is 1270. The number of anilines is 1. The summed E-state index contributed by atoms with van der Waals surface area (Å²) in [7, 11) is 1.88. The molecule has 2 aromatic heterocycles. The van der Waals surface area contributed by atoms with E-state index in [9.17, 15) is 9.59 Å². The monoisotopic (exact) mass is 472 g/mol. The third-order valence-electron chi connectivity index (χ3n) is 6.52. The zero-order valence-corrected chi connectivity index (χ0v) is 20.0. The number of ketones is 1. The Hall–Kier alpha value is -3.78. The molecule has 1 aromatic carbocycles. The molecule has 0 amide bonds. The summed E-state index contributed by atoms with van der Waals surface area (Å²) < 4.78 is 1.71. The van der Waals surface area contributed by atoms with Gasteiger partial charge >= 0.3 is 0 Å². The van der Waals surface area contributed by atoms with Crippen molar-refractivity contribution < 1.29 is 4.79 Å². The number of hydrogen-bond donors (Lipinski definition) is 3. The predicted molar refractivity (Wildman–Crippen MR) is 138 cm³/mol. The van der Waals surface area contributed by atoms with Crippen molar-refractivity contribution in [3.05, 3.63) is 82.0 Å². The smallest absolute Gasteiger partial charge is 0.250 e. The predicted octanol–water partition coefficient (Wildman–Crippen LogP) is 3.37. The summed E-state index contributed by atoms with van der Waals surface area (Å²) in [5.41, 5.74) is 15.5. The highest BCUT2D eigenvalue weighted by atomic mass is 16.1. The van der Waals surface area contributed by atoms with Gasteiger partial charge in [-0.05, 0) is 36.6 Å². The van der Waals surface area contributed by atoms with Gasteiger partial charge in [0.2, 0.25) is 5.78 Å². The highest BCUT2D eigenvalue weighted by molar-refractivity contribution is 6.09. The molecule has 1 aliphatic rings. The van der Waals surface area contributed by atoms with Gasteiger partial charge in [-0.25, -0.2) is 9.97 Å². The number of nitrogens with one attached hydrogen (secondary N) is 1. The van der Waals surface area contributed by atoms with Crippen LogP contribution in [0.4, 0.5) is 5.82 Å². The van der Waals surface area contributed by atoms with Gasteiger partial charge in [-0.1, -0.05) is 49.9 Å². The highest BCUT2D eigenvalue weighted by Crippen LogP contribution is 2.28. The van der Waals surface area contributed by atoms with Crippen LogP contribution < -0.4 is 22.3 Å². The number of pyridine rings is 1. The van der Waals surface area contributed by atoms with Gasteiger partial charge in [0.15, 0.2) is 11.5 Å². The number of carbonyl (C=O) groups excluding carboxylic acids is 1. The molecule has 0 aliphatic heterocycles. The van der Waals surface area contributed by atoms with Gasteiger partial charge < -0.3 is 21.4 Å². The van der Waals surface area contributed by atoms with Crippen LogP contribution >= 0.6 is 0 Å². The number of rotatable bonds is 9. The molecular formula is C27H32N6O2. The number of nitrogens with two attached hydrogens (primary N) is 2. The molecule has 2 heterocycles. The van der Waals surface area contributed by atoms with E-state index in [1.54, 1.807) is 16.8 Å². The van der Waals surface area contributed by atoms with Gasteiger partial charge in [0.05, 0.1) is 11.9 Å². The molecule has 0 radical (unpaired) electrons. The lowest BCUT2D eigenvalue weighted by Crippen LogP contribution is -2.20. The van der Waals surface area contributed by atoms with Gasteiger partial charge in [0, 0.05) is 42.7 Å². The van der Waals surface area contributed by atoms with Gasteiger partial charge in [0.25, 0.3) is 5.56 Å². The number of aryl methyl sites for hydroxylation is 1. The summed E-state index contributed by atoms with van der Waals surface area (Å²) in [5, 5.41) is 3.09. The van der Waals surface area contributed by atoms with E-state index in [1.165, 1.54) is 44.0 Å². The molecule has 8 nitrogen and oxygen atoms in total. The van der Waals surface area contributed by atoms with Gasteiger partial charge in [-0.15, -0.1) is 0 Å². The molecular weight excluding hydrogens is 440 g/mol. The number of aromatic nitrogens is 3. The summed E-state index contributed by atoms with van der Waals surface area (Å²) in [4.78, 5) is 34.0. The number of hydrogen-bond acceptors (Lipinski definition) is 7. The first-order valence-electron chi connectivity index (χ1n) is 12.0. The molecule has 0 atom stereocenters. The highest BCUT2D eigenvalue weighted by Gasteiger charge is 2.16. The average molecular weight is 473 g/mol. The minimum Gasteiger partial charge on any atom is -0.398 e. The first-order valence-corrected chi connectivity index (χ1v) is 12.0. The van der Waals surface area contributed by atoms with Crippen LogP contribution in [0.25, 0.3) is 17.0 Å². The van der Waals surface area contributed by atoms with E-state index >= 15 is 0 Å². The molecule has 1 aliphatic carbocycles. The molecule has 35 heavy (non-hydrogen) atoms. The fourth-order valence-corrected chi connectivity index (χ4v) is 4.51. The normalized spacial score (nSPS) is 14.4. The van der Waals surface area contributed by atoms with Crippen LogP contribution in [0.3, 0.4) is 0 Å². The van der Waals surface area contributed by atoms with Crippen LogP contribution in [0.1, 0.15) is 53.7 Å². The summed E-state index contributed by atoms with van der Waals surface area (Å²) in [5.74, 6) is 0.285. The molecule has 3 aromatic rings. The fraction of sp³-hybridized carbons (Fsp3) is 0.333. The van der Waals surface area contributed by atoms with Crippen molar-refractivity contribution in [3.8, 4) is 11.3 Å². The van der Waals surface area contributed by atoms with Crippen molar-refractivity contribution in [2.24, 2.45) is 11.7 Å². The largest absolute Gasteiger partial charge is 0.398 e. The lowest BCUT2D eigenvalue weighted by molar-refractivity contribution is 0.104. The number of benzene rings is 1. The van der Waals surface area contributed by atoms with E-state index < -0.39 is 5.78 Å². The SMILES string of the molecule is CNCc1ccc(C(N)=CC(=O)c2nc(-c3ccc(=O)n(CCC4CCCC4)c3)cnc2N)cc1. The van der Waals surface area contributed by atoms with Crippen LogP contribution in [-0.2, 0) is 13.1 Å². The van der Waals surface area contributed by atoms with E-state index in [1.807, 2.05) is 31.3 Å². The number of allylic oxidation sites excluding steroid dienone is 1. The quantitative estimate of drug-likeness (QED) is 0.322. The summed E-state index contributed by atoms with van der Waals surface area (Å²) >= 11 is 0. The lowest BCUT2D eigenvalue weighted by atomic mass is 10.0. The molecule has 8 heteroatoms. The molecule has 5 N–H and O–H groups in total. The summed E-state index contributed by atoms with van der Waals surface area (Å²) in [6.07, 6.45) is 10.6. The second-order valence-electron chi connectivity index (χ2n) is 9.07. The Morgan fingerprint density at radius 3 is 2.63 bits per heavy atom. The van der Waals surface area contributed by atoms with Crippen molar-refractivity contribution in [1.29, 1.82) is 0 Å². The Labute approximate surface area is 205 Å². The second-order valence-corrected chi connectivity index (χ2v) is 9.07. The Kier molecular flexibility index (Phi) is 7.72. The number of nitrogen functional groups attached to an aromatic ring is 1. The van der Waals surface area contributed by atoms with Crippen LogP contribution in [0.5, 0.6) is 0 Å². The van der Waals surface area contributed by atoms with Crippen molar-refractivity contribution in [3.63, 3.8) is 0 Å². The molecule has 1 saturated carbocycles. The summed E-state index contributed by atoms with van der Waals surface area (Å²) in [6.45, 7) is 1.41. The first-order chi connectivity index (χ1) is 16.9. The molecule has 4 rings (SSSR count). The lowest BCUT2D eigenvalue weighted by Gasteiger charge is -2.12. The van der Waals surface area contributed by atoms with E-state index in [-0.39, 0.29) is 17.1 Å². The van der Waals surface area contributed by atoms with E-state index in [0.29, 0.717) is 29.4 Å². The molecule has 182 valence electrons. The van der Waals surface area contributed by atoms with E-state index in [4.69, 9.17) is 11.5 Å². The topological polar surface area (TPSA) is 129 Å². The van der Waals surface area contributed by atoms with Crippen LogP contribution in [0.2, 0.25) is 0 Å². The number of nitrogens with zero attached hydrogens (tertiary/aromatic N) is 3. The molecule has 0 unspecified atom stereocenters. The molecule has 0 bridgehead atoms. The van der Waals surface area contributed by atoms with Gasteiger partial charge in [-0.3, -0.25) is 9.59 Å². The third kappa shape index (κ3) is 6.02. The Morgan fingerprint density at radius 1 is 1.17 bits per heavy atom. The summed E-state index contributed by atoms with van der Waals surface area (Å²) in [6, 6.07) is 10.9. The minimum absolute atomic E-state index is 0.0287. The fourth-order valence-electron chi connectivity index (χ4n) is 4.51. The van der Waals surface area contributed by atoms with Crippen LogP contribution in [-0.4, -0.2) is 27.4 Å². The maximum atomic E-state index is 13.0. The molecule has 0 spiro atoms. The number of carbonyl (C=O) groups is 1. The Balaban J connectivity index is 1.55. The average Bonchev–Trinajstić information content (AvgIpc) is 3.38. The molecule has 0 saturated heterocycles. The first kappa shape index (κ1) is 24.3. The minimum atomic E-state index is -0.428. The van der Waals surface area contributed by atoms with Crippen LogP contribution in [0.15, 0.2) is 59.7 Å². The maximum Gasteiger partial charge on any atom is 0.250 e. The second kappa shape index (κ2) is 11.1. The van der Waals surface area contributed by atoms with Crippen molar-refractivity contribution in [2.45, 2.75) is 45.2 Å². The third-order valence-corrected chi connectivity index (χ3v) is 6.52. The zero-order valence-electron chi connectivity index (χ0n) is 20.0. The Morgan fingerprint density at radius 2 is 1.91 bits per heavy atom. The van der Waals surface area contributed by atoms with E-state index in [2.05, 4.69) is 15.3 Å². The van der Waals surface area contributed by atoms with Crippen molar-refractivity contribution in [2.75, 3.05) is 12.8 Å². The standard InChI is InChI=1S/C27H32N6O2/c1-30-15-19-6-8-20(9-7-19)22(28)14-24(34)26-27(29)31-16-23(32-26)21-10-11-25(35)33(17-21)13-12-18-4-2-3-5-18/h6-11,14,16-18,30H,2-5,12-13,15,28H2,1H3,(H2,29,31).